The Hall–Kier alpha value is -1.31. The highest BCUT2D eigenvalue weighted by Gasteiger charge is 2.58. The van der Waals surface area contributed by atoms with Gasteiger partial charge in [0.15, 0.2) is 0 Å². The zero-order chi connectivity index (χ0) is 12.4. The molecule has 0 aromatic carbocycles. The highest BCUT2D eigenvalue weighted by Crippen LogP contribution is 2.37. The van der Waals surface area contributed by atoms with Crippen LogP contribution in [-0.2, 0) is 4.79 Å². The molecule has 6 nitrogen and oxygen atoms in total. The van der Waals surface area contributed by atoms with Crippen LogP contribution in [0.4, 0.5) is 8.78 Å². The molecule has 16 heavy (non-hydrogen) atoms. The van der Waals surface area contributed by atoms with Crippen molar-refractivity contribution in [1.29, 1.82) is 0 Å². The lowest BCUT2D eigenvalue weighted by Crippen LogP contribution is -2.53. The molecule has 0 radical (unpaired) electrons. The van der Waals surface area contributed by atoms with Gasteiger partial charge in [-0.2, -0.15) is 8.78 Å². The highest BCUT2D eigenvalue weighted by atomic mass is 19.3. The number of hydrogen-bond acceptors (Lipinski definition) is 4. The number of carboxylic acid groups (broad SMARTS) is 1. The van der Waals surface area contributed by atoms with Gasteiger partial charge in [0, 0.05) is 19.5 Å². The van der Waals surface area contributed by atoms with Crippen molar-refractivity contribution >= 4 is 5.97 Å². The minimum Gasteiger partial charge on any atom is -0.477 e. The van der Waals surface area contributed by atoms with Crippen LogP contribution in [0.2, 0.25) is 0 Å². The fourth-order valence-corrected chi connectivity index (χ4v) is 1.70. The maximum atomic E-state index is 13.3. The first-order chi connectivity index (χ1) is 7.33. The van der Waals surface area contributed by atoms with Crippen LogP contribution in [0.1, 0.15) is 19.3 Å². The number of nitrogens with zero attached hydrogens (tertiary/aromatic N) is 2. The monoisotopic (exact) mass is 238 g/mol. The minimum absolute atomic E-state index is 0.0884. The minimum atomic E-state index is -4.22. The first-order valence-electron chi connectivity index (χ1n) is 4.75. The maximum absolute atomic E-state index is 13.3. The molecule has 1 aliphatic rings. The summed E-state index contributed by atoms with van der Waals surface area (Å²) in [6.07, 6.45) is -0.790. The topological polar surface area (TPSA) is 90.2 Å². The number of aliphatic hydroxyl groups is 1. The second kappa shape index (κ2) is 4.28. The molecule has 0 saturated carbocycles. The summed E-state index contributed by atoms with van der Waals surface area (Å²) in [5, 5.41) is 21.6. The van der Waals surface area contributed by atoms with Crippen LogP contribution in [0.5, 0.6) is 0 Å². The molecule has 0 aliphatic carbocycles. The standard InChI is InChI=1S/C8H12F2N2O4/c9-8(10,6(13)14)7(15)2-1-4-12(11-16)5-3-7/h15H,1-5H2,(H,13,14). The van der Waals surface area contributed by atoms with Crippen molar-refractivity contribution in [1.82, 2.24) is 5.01 Å². The summed E-state index contributed by atoms with van der Waals surface area (Å²) < 4.78 is 26.5. The van der Waals surface area contributed by atoms with E-state index in [0.29, 0.717) is 0 Å². The van der Waals surface area contributed by atoms with E-state index < -0.39 is 23.9 Å². The van der Waals surface area contributed by atoms with Gasteiger partial charge >= 0.3 is 11.9 Å². The van der Waals surface area contributed by atoms with E-state index in [-0.39, 0.29) is 25.9 Å². The Kier molecular flexibility index (Phi) is 3.41. The molecule has 0 spiro atoms. The predicted octanol–water partition coefficient (Wildman–Crippen LogP) is 0.605. The average Bonchev–Trinajstić information content (AvgIpc) is 2.41. The number of carboxylic acids is 1. The van der Waals surface area contributed by atoms with Crippen LogP contribution in [0.15, 0.2) is 5.29 Å². The molecule has 0 amide bonds. The molecular formula is C8H12F2N2O4. The molecule has 0 aromatic rings. The summed E-state index contributed by atoms with van der Waals surface area (Å²) in [7, 11) is 0. The van der Waals surface area contributed by atoms with Gasteiger partial charge in [-0.3, -0.25) is 5.01 Å². The van der Waals surface area contributed by atoms with Crippen LogP contribution in [-0.4, -0.2) is 45.8 Å². The van der Waals surface area contributed by atoms with Crippen LogP contribution in [0.25, 0.3) is 0 Å². The molecule has 1 aliphatic heterocycles. The maximum Gasteiger partial charge on any atom is 0.377 e. The van der Waals surface area contributed by atoms with Crippen LogP contribution in [0.3, 0.4) is 0 Å². The summed E-state index contributed by atoms with van der Waals surface area (Å²) in [4.78, 5) is 20.6. The Labute approximate surface area is 89.8 Å². The molecular weight excluding hydrogens is 226 g/mol. The third kappa shape index (κ3) is 2.11. The van der Waals surface area contributed by atoms with Gasteiger partial charge in [-0.1, -0.05) is 0 Å². The van der Waals surface area contributed by atoms with Crippen molar-refractivity contribution in [2.75, 3.05) is 13.1 Å². The molecule has 92 valence electrons. The Morgan fingerprint density at radius 3 is 2.50 bits per heavy atom. The number of alkyl halides is 2. The second-order valence-corrected chi connectivity index (χ2v) is 3.80. The summed E-state index contributed by atoms with van der Waals surface area (Å²) in [6, 6.07) is 0. The Bertz CT molecular complexity index is 300. The first kappa shape index (κ1) is 12.8. The smallest absolute Gasteiger partial charge is 0.377 e. The first-order valence-corrected chi connectivity index (χ1v) is 4.75. The van der Waals surface area contributed by atoms with Gasteiger partial charge in [-0.25, -0.2) is 4.79 Å². The zero-order valence-electron chi connectivity index (χ0n) is 8.40. The van der Waals surface area contributed by atoms with E-state index in [9.17, 15) is 23.6 Å². The van der Waals surface area contributed by atoms with Gasteiger partial charge < -0.3 is 10.2 Å². The molecule has 0 aromatic heterocycles. The molecule has 1 rings (SSSR count). The van der Waals surface area contributed by atoms with Crippen LogP contribution < -0.4 is 0 Å². The number of rotatable bonds is 3. The Morgan fingerprint density at radius 1 is 1.38 bits per heavy atom. The van der Waals surface area contributed by atoms with Crippen LogP contribution in [0, 0.1) is 4.91 Å². The van der Waals surface area contributed by atoms with Gasteiger partial charge in [-0.15, -0.1) is 4.91 Å². The molecule has 2 N–H and O–H groups in total. The van der Waals surface area contributed by atoms with Crippen molar-refractivity contribution < 1.29 is 23.8 Å². The van der Waals surface area contributed by atoms with Gasteiger partial charge in [-0.05, 0) is 12.8 Å². The molecule has 1 fully saturated rings. The number of carbonyl (C=O) groups is 1. The van der Waals surface area contributed by atoms with Crippen LogP contribution >= 0.6 is 0 Å². The van der Waals surface area contributed by atoms with E-state index >= 15 is 0 Å². The summed E-state index contributed by atoms with van der Waals surface area (Å²) in [5.74, 6) is -6.58. The number of halogens is 2. The van der Waals surface area contributed by atoms with Crippen molar-refractivity contribution in [2.24, 2.45) is 5.29 Å². The summed E-state index contributed by atoms with van der Waals surface area (Å²) in [6.45, 7) is -0.0373. The van der Waals surface area contributed by atoms with E-state index in [2.05, 4.69) is 5.29 Å². The molecule has 1 saturated heterocycles. The highest BCUT2D eigenvalue weighted by molar-refractivity contribution is 5.77. The van der Waals surface area contributed by atoms with E-state index in [4.69, 9.17) is 5.11 Å². The fraction of sp³-hybridized carbons (Fsp3) is 0.875. The fourth-order valence-electron chi connectivity index (χ4n) is 1.70. The van der Waals surface area contributed by atoms with Gasteiger partial charge in [0.2, 0.25) is 0 Å². The Balaban J connectivity index is 2.85. The van der Waals surface area contributed by atoms with E-state index in [1.54, 1.807) is 0 Å². The number of hydrogen-bond donors (Lipinski definition) is 2. The van der Waals surface area contributed by atoms with Gasteiger partial charge in [0.25, 0.3) is 0 Å². The van der Waals surface area contributed by atoms with Crippen molar-refractivity contribution in [3.63, 3.8) is 0 Å². The second-order valence-electron chi connectivity index (χ2n) is 3.80. The summed E-state index contributed by atoms with van der Waals surface area (Å²) >= 11 is 0. The third-order valence-corrected chi connectivity index (χ3v) is 2.76. The lowest BCUT2D eigenvalue weighted by atomic mass is 9.88. The van der Waals surface area contributed by atoms with Gasteiger partial charge in [0.1, 0.15) is 5.60 Å². The number of aliphatic carboxylic acids is 1. The molecule has 0 bridgehead atoms. The molecule has 1 unspecified atom stereocenters. The summed E-state index contributed by atoms with van der Waals surface area (Å²) in [5.41, 5.74) is -2.61. The number of nitroso groups, excluding NO2 is 1. The predicted molar refractivity (Wildman–Crippen MR) is 48.8 cm³/mol. The molecule has 8 heteroatoms. The van der Waals surface area contributed by atoms with Crippen molar-refractivity contribution in [3.8, 4) is 0 Å². The molecule has 1 heterocycles. The quantitative estimate of drug-likeness (QED) is 0.703. The SMILES string of the molecule is O=NN1CCCC(O)(C(F)(F)C(=O)O)CC1. The lowest BCUT2D eigenvalue weighted by molar-refractivity contribution is -0.211. The average molecular weight is 238 g/mol. The van der Waals surface area contributed by atoms with Crippen molar-refractivity contribution in [2.45, 2.75) is 30.8 Å². The third-order valence-electron chi connectivity index (χ3n) is 2.76. The van der Waals surface area contributed by atoms with E-state index in [1.165, 1.54) is 0 Å². The Morgan fingerprint density at radius 2 is 2.00 bits per heavy atom. The van der Waals surface area contributed by atoms with E-state index in [1.807, 2.05) is 0 Å². The van der Waals surface area contributed by atoms with E-state index in [0.717, 1.165) is 5.01 Å². The lowest BCUT2D eigenvalue weighted by Gasteiger charge is -2.31. The van der Waals surface area contributed by atoms with Gasteiger partial charge in [0.05, 0.1) is 5.29 Å². The largest absolute Gasteiger partial charge is 0.477 e. The zero-order valence-corrected chi connectivity index (χ0v) is 8.40. The normalized spacial score (nSPS) is 27.3. The van der Waals surface area contributed by atoms with Crippen molar-refractivity contribution in [3.05, 3.63) is 4.91 Å². The molecule has 1 atom stereocenters.